The Morgan fingerprint density at radius 3 is 2.77 bits per heavy atom. The molecule has 1 aromatic carbocycles. The third-order valence-corrected chi connectivity index (χ3v) is 7.40. The second-order valence-electron chi connectivity index (χ2n) is 7.15. The molecule has 0 amide bonds. The van der Waals surface area contributed by atoms with Crippen LogP contribution in [0.2, 0.25) is 0 Å². The molecule has 10 heteroatoms. The molecule has 0 atom stereocenters. The first kappa shape index (κ1) is 23.2. The van der Waals surface area contributed by atoms with Gasteiger partial charge in [0.2, 0.25) is 10.0 Å². The molecule has 0 bridgehead atoms. The van der Waals surface area contributed by atoms with Crippen molar-refractivity contribution in [3.05, 3.63) is 57.4 Å². The number of anilines is 1. The van der Waals surface area contributed by atoms with Crippen LogP contribution in [0.1, 0.15) is 30.0 Å². The monoisotopic (exact) mass is 506 g/mol. The summed E-state index contributed by atoms with van der Waals surface area (Å²) in [6, 6.07) is 4.19. The number of alkyl halides is 1. The second-order valence-corrected chi connectivity index (χ2v) is 9.85. The van der Waals surface area contributed by atoms with Crippen molar-refractivity contribution in [3.63, 3.8) is 0 Å². The largest absolute Gasteiger partial charge is 0.369 e. The number of sulfonamides is 1. The van der Waals surface area contributed by atoms with Gasteiger partial charge in [-0.2, -0.15) is 4.31 Å². The third kappa shape index (κ3) is 4.74. The van der Waals surface area contributed by atoms with Gasteiger partial charge in [-0.05, 0) is 30.0 Å². The van der Waals surface area contributed by atoms with E-state index in [4.69, 9.17) is 6.42 Å². The Morgan fingerprint density at radius 1 is 1.35 bits per heavy atom. The molecule has 0 radical (unpaired) electrons. The minimum Gasteiger partial charge on any atom is -0.369 e. The summed E-state index contributed by atoms with van der Waals surface area (Å²) in [5.41, 5.74) is 2.08. The van der Waals surface area contributed by atoms with Gasteiger partial charge in [0.1, 0.15) is 4.90 Å². The highest BCUT2D eigenvalue weighted by atomic mass is 79.9. The lowest BCUT2D eigenvalue weighted by Crippen LogP contribution is -2.37. The zero-order chi connectivity index (χ0) is 22.6. The van der Waals surface area contributed by atoms with Crippen molar-refractivity contribution >= 4 is 37.3 Å². The van der Waals surface area contributed by atoms with Crippen molar-refractivity contribution < 1.29 is 13.3 Å². The number of nitro benzene ring substituents is 1. The zero-order valence-corrected chi connectivity index (χ0v) is 19.5. The number of fused-ring (bicyclic) bond motifs is 1. The van der Waals surface area contributed by atoms with Crippen molar-refractivity contribution in [2.75, 3.05) is 29.9 Å². The van der Waals surface area contributed by atoms with Gasteiger partial charge in [0.05, 0.1) is 16.2 Å². The van der Waals surface area contributed by atoms with Gasteiger partial charge in [-0.3, -0.25) is 15.1 Å². The molecule has 0 unspecified atom stereocenters. The van der Waals surface area contributed by atoms with E-state index in [9.17, 15) is 18.5 Å². The predicted molar refractivity (Wildman–Crippen MR) is 123 cm³/mol. The Bertz CT molecular complexity index is 1120. The van der Waals surface area contributed by atoms with Crippen LogP contribution in [0.4, 0.5) is 11.4 Å². The molecule has 31 heavy (non-hydrogen) atoms. The molecule has 0 saturated heterocycles. The normalized spacial score (nSPS) is 14.0. The van der Waals surface area contributed by atoms with Gasteiger partial charge in [0, 0.05) is 56.0 Å². The topological polar surface area (TPSA) is 96.6 Å². The summed E-state index contributed by atoms with van der Waals surface area (Å²) in [6.07, 6.45) is 10.3. The lowest BCUT2D eigenvalue weighted by atomic mass is 10.0. The van der Waals surface area contributed by atoms with Crippen LogP contribution in [0.15, 0.2) is 35.5 Å². The summed E-state index contributed by atoms with van der Waals surface area (Å²) in [5.74, 6) is 2.47. The number of aromatic nitrogens is 1. The van der Waals surface area contributed by atoms with Crippen LogP contribution in [0.3, 0.4) is 0 Å². The van der Waals surface area contributed by atoms with E-state index in [2.05, 4.69) is 26.8 Å². The predicted octanol–water partition coefficient (Wildman–Crippen LogP) is 3.33. The van der Waals surface area contributed by atoms with Crippen LogP contribution < -0.4 is 4.90 Å². The Morgan fingerprint density at radius 2 is 2.13 bits per heavy atom. The smallest absolute Gasteiger partial charge is 0.272 e. The van der Waals surface area contributed by atoms with Crippen LogP contribution in [0.5, 0.6) is 0 Å². The number of rotatable bonds is 8. The van der Waals surface area contributed by atoms with E-state index < -0.39 is 14.9 Å². The highest BCUT2D eigenvalue weighted by Crippen LogP contribution is 2.37. The van der Waals surface area contributed by atoms with Gasteiger partial charge in [-0.1, -0.05) is 28.8 Å². The lowest BCUT2D eigenvalue weighted by Gasteiger charge is -2.31. The molecule has 3 rings (SSSR count). The summed E-state index contributed by atoms with van der Waals surface area (Å²) in [7, 11) is -4.05. The van der Waals surface area contributed by atoms with Crippen LogP contribution in [0.25, 0.3) is 0 Å². The summed E-state index contributed by atoms with van der Waals surface area (Å²) in [4.78, 5) is 16.8. The molecule has 1 aliphatic rings. The Kier molecular flexibility index (Phi) is 7.30. The van der Waals surface area contributed by atoms with Crippen LogP contribution in [0, 0.1) is 22.5 Å². The molecule has 0 spiro atoms. The van der Waals surface area contributed by atoms with Crippen LogP contribution in [-0.4, -0.2) is 47.6 Å². The fraction of sp³-hybridized carbons (Fsp3) is 0.381. The Balaban J connectivity index is 2.18. The van der Waals surface area contributed by atoms with Crippen LogP contribution in [-0.2, 0) is 23.0 Å². The third-order valence-electron chi connectivity index (χ3n) is 5.19. The van der Waals surface area contributed by atoms with E-state index in [0.717, 1.165) is 23.6 Å². The number of pyridine rings is 1. The first-order chi connectivity index (χ1) is 14.8. The lowest BCUT2D eigenvalue weighted by molar-refractivity contribution is -0.385. The van der Waals surface area contributed by atoms with Gasteiger partial charge in [0.15, 0.2) is 0 Å². The maximum atomic E-state index is 13.8. The van der Waals surface area contributed by atoms with Crippen molar-refractivity contribution in [2.24, 2.45) is 0 Å². The molecule has 2 heterocycles. The van der Waals surface area contributed by atoms with E-state index in [0.29, 0.717) is 30.5 Å². The number of nitrogens with zero attached hydrogens (tertiary/aromatic N) is 4. The number of terminal acetylenes is 1. The van der Waals surface area contributed by atoms with Gasteiger partial charge in [0.25, 0.3) is 5.69 Å². The highest BCUT2D eigenvalue weighted by Gasteiger charge is 2.34. The molecule has 2 aromatic rings. The number of benzene rings is 1. The maximum Gasteiger partial charge on any atom is 0.272 e. The molecule has 0 aliphatic carbocycles. The number of halogens is 1. The fourth-order valence-electron chi connectivity index (χ4n) is 3.73. The van der Waals surface area contributed by atoms with Crippen molar-refractivity contribution in [2.45, 2.75) is 31.2 Å². The first-order valence-electron chi connectivity index (χ1n) is 9.85. The number of hydrogen-bond donors (Lipinski definition) is 0. The molecular weight excluding hydrogens is 484 g/mol. The molecule has 1 aliphatic heterocycles. The number of nitro groups is 1. The Labute approximate surface area is 190 Å². The van der Waals surface area contributed by atoms with E-state index in [-0.39, 0.29) is 29.2 Å². The molecule has 164 valence electrons. The highest BCUT2D eigenvalue weighted by molar-refractivity contribution is 9.09. The summed E-state index contributed by atoms with van der Waals surface area (Å²) in [6.45, 7) is 3.50. The van der Waals surface area contributed by atoms with E-state index in [1.54, 1.807) is 18.5 Å². The van der Waals surface area contributed by atoms with Gasteiger partial charge < -0.3 is 4.90 Å². The summed E-state index contributed by atoms with van der Waals surface area (Å²) >= 11 is 3.40. The first-order valence-corrected chi connectivity index (χ1v) is 12.4. The van der Waals surface area contributed by atoms with Gasteiger partial charge in [-0.15, -0.1) is 6.42 Å². The SMILES string of the molecule is C#Cc1cc([N+](=O)[O-])cc(S(=O)(=O)N2CCc3cnccc3C2)c1N(CCC)CCBr. The van der Waals surface area contributed by atoms with E-state index in [1.807, 2.05) is 11.8 Å². The van der Waals surface area contributed by atoms with E-state index in [1.165, 1.54) is 10.4 Å². The summed E-state index contributed by atoms with van der Waals surface area (Å²) in [5, 5.41) is 12.1. The molecular formula is C21H23BrN4O4S. The maximum absolute atomic E-state index is 13.8. The van der Waals surface area contributed by atoms with Gasteiger partial charge in [-0.25, -0.2) is 8.42 Å². The number of non-ortho nitro benzene ring substituents is 1. The minimum absolute atomic E-state index is 0.124. The van der Waals surface area contributed by atoms with Crippen LogP contribution >= 0.6 is 15.9 Å². The molecule has 0 saturated carbocycles. The second kappa shape index (κ2) is 9.77. The standard InChI is InChI=1S/C21H23BrN4O4S/c1-3-9-24(11-7-22)21-16(4-2)12-19(26(27)28)13-20(21)31(29,30)25-10-6-17-14-23-8-5-18(17)15-25/h2,5,8,12-14H,3,6-7,9-11,15H2,1H3. The summed E-state index contributed by atoms with van der Waals surface area (Å²) < 4.78 is 28.9. The minimum atomic E-state index is -4.05. The average molecular weight is 507 g/mol. The molecule has 0 N–H and O–H groups in total. The molecule has 8 nitrogen and oxygen atoms in total. The van der Waals surface area contributed by atoms with Crippen molar-refractivity contribution in [3.8, 4) is 12.3 Å². The van der Waals surface area contributed by atoms with Crippen molar-refractivity contribution in [1.82, 2.24) is 9.29 Å². The fourth-order valence-corrected chi connectivity index (χ4v) is 5.83. The van der Waals surface area contributed by atoms with E-state index >= 15 is 0 Å². The Hall–Kier alpha value is -2.48. The van der Waals surface area contributed by atoms with Crippen molar-refractivity contribution in [1.29, 1.82) is 0 Å². The zero-order valence-electron chi connectivity index (χ0n) is 17.1. The number of hydrogen-bond acceptors (Lipinski definition) is 6. The molecule has 1 aromatic heterocycles. The van der Waals surface area contributed by atoms with Gasteiger partial charge >= 0.3 is 0 Å². The quantitative estimate of drug-likeness (QED) is 0.235. The average Bonchev–Trinajstić information content (AvgIpc) is 2.77. The molecule has 0 fully saturated rings.